The highest BCUT2D eigenvalue weighted by Crippen LogP contribution is 2.53. The third-order valence-corrected chi connectivity index (χ3v) is 5.73. The van der Waals surface area contributed by atoms with Crippen LogP contribution in [0.4, 0.5) is 0 Å². The Labute approximate surface area is 138 Å². The predicted octanol–water partition coefficient (Wildman–Crippen LogP) is 2.03. The molecule has 2 aliphatic heterocycles. The first kappa shape index (κ1) is 15.2. The summed E-state index contributed by atoms with van der Waals surface area (Å²) < 4.78 is 0. The van der Waals surface area contributed by atoms with Crippen molar-refractivity contribution in [2.75, 3.05) is 26.2 Å². The molecule has 0 radical (unpaired) electrons. The van der Waals surface area contributed by atoms with Gasteiger partial charge in [-0.2, -0.15) is 0 Å². The summed E-state index contributed by atoms with van der Waals surface area (Å²) >= 11 is 0. The van der Waals surface area contributed by atoms with Crippen molar-refractivity contribution in [3.63, 3.8) is 0 Å². The number of rotatable bonds is 4. The van der Waals surface area contributed by atoms with Gasteiger partial charge in [0, 0.05) is 31.6 Å². The molecule has 2 saturated heterocycles. The number of carbonyl (C=O) groups excluding carboxylic acids is 1. The summed E-state index contributed by atoms with van der Waals surface area (Å²) in [4.78, 5) is 16.7. The molecule has 1 aliphatic carbocycles. The average molecular weight is 314 g/mol. The summed E-state index contributed by atoms with van der Waals surface area (Å²) in [6.45, 7) is 4.31. The SMILES string of the molecule is O=C(CC1(O)CCCN(Cc2ccccc2)C1)N1CC2(CC2)C1. The molecule has 4 heteroatoms. The van der Waals surface area contributed by atoms with Crippen molar-refractivity contribution < 1.29 is 9.90 Å². The Kier molecular flexibility index (Phi) is 3.69. The molecule has 4 rings (SSSR count). The fourth-order valence-corrected chi connectivity index (χ4v) is 4.15. The smallest absolute Gasteiger partial charge is 0.225 e. The molecular formula is C19H26N2O2. The maximum Gasteiger partial charge on any atom is 0.225 e. The number of hydrogen-bond acceptors (Lipinski definition) is 3. The lowest BCUT2D eigenvalue weighted by Gasteiger charge is -2.44. The van der Waals surface area contributed by atoms with E-state index in [1.165, 1.54) is 18.4 Å². The zero-order chi connectivity index (χ0) is 15.9. The van der Waals surface area contributed by atoms with E-state index in [1.807, 2.05) is 23.1 Å². The quantitative estimate of drug-likeness (QED) is 0.925. The zero-order valence-electron chi connectivity index (χ0n) is 13.7. The van der Waals surface area contributed by atoms with Crippen LogP contribution in [0.3, 0.4) is 0 Å². The number of nitrogens with zero attached hydrogens (tertiary/aromatic N) is 2. The summed E-state index contributed by atoms with van der Waals surface area (Å²) in [6.07, 6.45) is 4.55. The van der Waals surface area contributed by atoms with Gasteiger partial charge in [0.25, 0.3) is 0 Å². The molecule has 1 aromatic rings. The second kappa shape index (κ2) is 5.60. The van der Waals surface area contributed by atoms with Crippen LogP contribution in [0.5, 0.6) is 0 Å². The minimum atomic E-state index is -0.851. The fraction of sp³-hybridized carbons (Fsp3) is 0.632. The van der Waals surface area contributed by atoms with Gasteiger partial charge in [-0.25, -0.2) is 0 Å². The molecule has 1 saturated carbocycles. The molecule has 1 N–H and O–H groups in total. The maximum absolute atomic E-state index is 12.4. The Hall–Kier alpha value is -1.39. The summed E-state index contributed by atoms with van der Waals surface area (Å²) in [5.41, 5.74) is 0.905. The summed E-state index contributed by atoms with van der Waals surface area (Å²) in [7, 11) is 0. The molecule has 0 aromatic heterocycles. The van der Waals surface area contributed by atoms with E-state index >= 15 is 0 Å². The van der Waals surface area contributed by atoms with E-state index < -0.39 is 5.60 Å². The first-order valence-electron chi connectivity index (χ1n) is 8.83. The number of β-amino-alcohol motifs (C(OH)–C–C–N with tert-alkyl or cyclic N) is 1. The van der Waals surface area contributed by atoms with Crippen LogP contribution in [0.25, 0.3) is 0 Å². The Bertz CT molecular complexity index is 576. The normalized spacial score (nSPS) is 29.3. The number of likely N-dealkylation sites (tertiary alicyclic amines) is 2. The van der Waals surface area contributed by atoms with E-state index in [-0.39, 0.29) is 12.3 Å². The highest BCUT2D eigenvalue weighted by Gasteiger charge is 2.54. The zero-order valence-corrected chi connectivity index (χ0v) is 13.7. The topological polar surface area (TPSA) is 43.8 Å². The van der Waals surface area contributed by atoms with Crippen molar-refractivity contribution in [3.05, 3.63) is 35.9 Å². The number of carbonyl (C=O) groups is 1. The van der Waals surface area contributed by atoms with E-state index in [1.54, 1.807) is 0 Å². The minimum Gasteiger partial charge on any atom is -0.388 e. The highest BCUT2D eigenvalue weighted by atomic mass is 16.3. The van der Waals surface area contributed by atoms with E-state index in [2.05, 4.69) is 17.0 Å². The van der Waals surface area contributed by atoms with Gasteiger partial charge in [0.05, 0.1) is 12.0 Å². The predicted molar refractivity (Wildman–Crippen MR) is 88.8 cm³/mol. The molecule has 3 aliphatic rings. The lowest BCUT2D eigenvalue weighted by atomic mass is 9.87. The second-order valence-corrected chi connectivity index (χ2v) is 7.95. The van der Waals surface area contributed by atoms with Crippen molar-refractivity contribution in [1.82, 2.24) is 9.80 Å². The maximum atomic E-state index is 12.4. The van der Waals surface area contributed by atoms with Crippen LogP contribution < -0.4 is 0 Å². The fourth-order valence-electron chi connectivity index (χ4n) is 4.15. The van der Waals surface area contributed by atoms with Crippen molar-refractivity contribution in [2.45, 2.75) is 44.2 Å². The Morgan fingerprint density at radius 2 is 1.83 bits per heavy atom. The molecule has 1 unspecified atom stereocenters. The third-order valence-electron chi connectivity index (χ3n) is 5.73. The van der Waals surface area contributed by atoms with Gasteiger partial charge in [-0.3, -0.25) is 9.69 Å². The van der Waals surface area contributed by atoms with Gasteiger partial charge < -0.3 is 10.0 Å². The first-order chi connectivity index (χ1) is 11.1. The van der Waals surface area contributed by atoms with E-state index in [4.69, 9.17) is 0 Å². The van der Waals surface area contributed by atoms with Crippen LogP contribution >= 0.6 is 0 Å². The Morgan fingerprint density at radius 3 is 2.52 bits per heavy atom. The Balaban J connectivity index is 1.32. The van der Waals surface area contributed by atoms with Gasteiger partial charge in [0.15, 0.2) is 0 Å². The van der Waals surface area contributed by atoms with Gasteiger partial charge in [0.2, 0.25) is 5.91 Å². The molecule has 2 heterocycles. The first-order valence-corrected chi connectivity index (χ1v) is 8.83. The van der Waals surface area contributed by atoms with Crippen LogP contribution in [-0.2, 0) is 11.3 Å². The van der Waals surface area contributed by atoms with Crippen molar-refractivity contribution in [2.24, 2.45) is 5.41 Å². The molecule has 1 amide bonds. The lowest BCUT2D eigenvalue weighted by Crippen LogP contribution is -2.55. The van der Waals surface area contributed by atoms with Gasteiger partial charge in [-0.05, 0) is 37.8 Å². The van der Waals surface area contributed by atoms with E-state index in [0.29, 0.717) is 12.0 Å². The summed E-state index contributed by atoms with van der Waals surface area (Å²) in [6, 6.07) is 10.4. The van der Waals surface area contributed by atoms with Crippen molar-refractivity contribution in [3.8, 4) is 0 Å². The average Bonchev–Trinajstić information content (AvgIpc) is 3.27. The molecule has 1 aromatic carbocycles. The van der Waals surface area contributed by atoms with Crippen LogP contribution in [0.2, 0.25) is 0 Å². The van der Waals surface area contributed by atoms with Crippen LogP contribution in [0.15, 0.2) is 30.3 Å². The Morgan fingerprint density at radius 1 is 1.09 bits per heavy atom. The molecule has 1 atom stereocenters. The largest absolute Gasteiger partial charge is 0.388 e. The van der Waals surface area contributed by atoms with Crippen LogP contribution in [0.1, 0.15) is 37.7 Å². The van der Waals surface area contributed by atoms with E-state index in [9.17, 15) is 9.90 Å². The molecule has 4 nitrogen and oxygen atoms in total. The highest BCUT2D eigenvalue weighted by molar-refractivity contribution is 5.78. The minimum absolute atomic E-state index is 0.145. The lowest BCUT2D eigenvalue weighted by molar-refractivity contribution is -0.146. The summed E-state index contributed by atoms with van der Waals surface area (Å²) in [5.74, 6) is 0.145. The van der Waals surface area contributed by atoms with Crippen LogP contribution in [-0.4, -0.2) is 52.6 Å². The standard InChI is InChI=1S/C19H26N2O2/c22-17(21-13-18(14-21)8-9-18)11-19(23)7-4-10-20(15-19)12-16-5-2-1-3-6-16/h1-3,5-6,23H,4,7-15H2. The van der Waals surface area contributed by atoms with Gasteiger partial charge in [-0.15, -0.1) is 0 Å². The molecule has 0 bridgehead atoms. The number of aliphatic hydroxyl groups is 1. The number of piperidine rings is 1. The van der Waals surface area contributed by atoms with Gasteiger partial charge >= 0.3 is 0 Å². The van der Waals surface area contributed by atoms with Crippen molar-refractivity contribution in [1.29, 1.82) is 0 Å². The monoisotopic (exact) mass is 314 g/mol. The molecule has 1 spiro atoms. The number of amides is 1. The van der Waals surface area contributed by atoms with Crippen molar-refractivity contribution >= 4 is 5.91 Å². The summed E-state index contributed by atoms with van der Waals surface area (Å²) in [5, 5.41) is 10.9. The van der Waals surface area contributed by atoms with Gasteiger partial charge in [-0.1, -0.05) is 30.3 Å². The van der Waals surface area contributed by atoms with E-state index in [0.717, 1.165) is 39.0 Å². The molecule has 124 valence electrons. The molecule has 3 fully saturated rings. The third kappa shape index (κ3) is 3.29. The molecular weight excluding hydrogens is 288 g/mol. The number of benzene rings is 1. The second-order valence-electron chi connectivity index (χ2n) is 7.95. The van der Waals surface area contributed by atoms with Gasteiger partial charge in [0.1, 0.15) is 0 Å². The number of hydrogen-bond donors (Lipinski definition) is 1. The van der Waals surface area contributed by atoms with Crippen LogP contribution in [0, 0.1) is 5.41 Å². The molecule has 23 heavy (non-hydrogen) atoms.